The van der Waals surface area contributed by atoms with Crippen LogP contribution in [0.25, 0.3) is 16.7 Å². The Labute approximate surface area is 115 Å². The van der Waals surface area contributed by atoms with Gasteiger partial charge in [-0.1, -0.05) is 66.2 Å². The van der Waals surface area contributed by atoms with Crippen LogP contribution in [0.4, 0.5) is 0 Å². The molecule has 94 valence electrons. The van der Waals surface area contributed by atoms with E-state index in [0.29, 0.717) is 0 Å². The molecular formula is C19H18. The van der Waals surface area contributed by atoms with E-state index in [2.05, 4.69) is 74.5 Å². The largest absolute Gasteiger partial charge is 0.0769 e. The monoisotopic (exact) mass is 246 g/mol. The molecule has 0 spiro atoms. The van der Waals surface area contributed by atoms with E-state index in [1.807, 2.05) is 0 Å². The number of hydrogen-bond donors (Lipinski definition) is 0. The third-order valence-electron chi connectivity index (χ3n) is 3.99. The van der Waals surface area contributed by atoms with Gasteiger partial charge in [-0.25, -0.2) is 0 Å². The lowest BCUT2D eigenvalue weighted by Crippen LogP contribution is -1.89. The summed E-state index contributed by atoms with van der Waals surface area (Å²) in [6, 6.07) is 19.4. The van der Waals surface area contributed by atoms with Gasteiger partial charge >= 0.3 is 0 Å². The van der Waals surface area contributed by atoms with Crippen molar-refractivity contribution >= 4 is 5.57 Å². The molecule has 1 aliphatic carbocycles. The maximum Gasteiger partial charge on any atom is -0.00827 e. The molecule has 0 heterocycles. The highest BCUT2D eigenvalue weighted by Crippen LogP contribution is 2.37. The molecule has 0 amide bonds. The Morgan fingerprint density at radius 3 is 2.00 bits per heavy atom. The van der Waals surface area contributed by atoms with Gasteiger partial charge in [-0.05, 0) is 48.1 Å². The quantitative estimate of drug-likeness (QED) is 0.658. The van der Waals surface area contributed by atoms with Crippen molar-refractivity contribution in [2.24, 2.45) is 0 Å². The summed E-state index contributed by atoms with van der Waals surface area (Å²) < 4.78 is 0. The Kier molecular flexibility index (Phi) is 3.08. The van der Waals surface area contributed by atoms with Gasteiger partial charge in [0.15, 0.2) is 0 Å². The molecule has 0 atom stereocenters. The minimum atomic E-state index is 1.06. The fourth-order valence-electron chi connectivity index (χ4n) is 2.73. The van der Waals surface area contributed by atoms with Crippen LogP contribution in [0.15, 0.2) is 71.8 Å². The van der Waals surface area contributed by atoms with Gasteiger partial charge in [0.05, 0.1) is 0 Å². The first-order valence-corrected chi connectivity index (χ1v) is 6.79. The summed E-state index contributed by atoms with van der Waals surface area (Å²) in [5, 5.41) is 0. The van der Waals surface area contributed by atoms with E-state index in [1.54, 1.807) is 0 Å². The zero-order valence-electron chi connectivity index (χ0n) is 11.5. The van der Waals surface area contributed by atoms with Gasteiger partial charge in [0.2, 0.25) is 0 Å². The minimum absolute atomic E-state index is 1.06. The second-order valence-corrected chi connectivity index (χ2v) is 5.11. The molecule has 0 saturated heterocycles. The molecule has 0 nitrogen and oxygen atoms in total. The van der Waals surface area contributed by atoms with Crippen LogP contribution in [0.2, 0.25) is 0 Å². The van der Waals surface area contributed by atoms with Crippen molar-refractivity contribution in [3.05, 3.63) is 77.4 Å². The Hall–Kier alpha value is -2.08. The molecule has 0 heteroatoms. The summed E-state index contributed by atoms with van der Waals surface area (Å²) in [5.41, 5.74) is 8.32. The van der Waals surface area contributed by atoms with Crippen LogP contribution < -0.4 is 0 Å². The second-order valence-electron chi connectivity index (χ2n) is 5.11. The molecule has 2 aromatic carbocycles. The van der Waals surface area contributed by atoms with Crippen LogP contribution in [-0.2, 0) is 0 Å². The summed E-state index contributed by atoms with van der Waals surface area (Å²) in [6.07, 6.45) is 3.38. The maximum atomic E-state index is 2.33. The van der Waals surface area contributed by atoms with Gasteiger partial charge in [-0.2, -0.15) is 0 Å². The van der Waals surface area contributed by atoms with Crippen molar-refractivity contribution in [2.75, 3.05) is 0 Å². The lowest BCUT2D eigenvalue weighted by molar-refractivity contribution is 1.38. The number of allylic oxidation sites excluding steroid dienone is 4. The summed E-state index contributed by atoms with van der Waals surface area (Å²) in [4.78, 5) is 0. The number of hydrogen-bond acceptors (Lipinski definition) is 0. The van der Waals surface area contributed by atoms with E-state index in [4.69, 9.17) is 0 Å². The number of benzene rings is 2. The van der Waals surface area contributed by atoms with E-state index < -0.39 is 0 Å². The Morgan fingerprint density at radius 1 is 0.737 bits per heavy atom. The van der Waals surface area contributed by atoms with Gasteiger partial charge in [-0.3, -0.25) is 0 Å². The molecule has 19 heavy (non-hydrogen) atoms. The SMILES string of the molecule is CC1=CCC(c2ccccc2-c2ccccc2)=C1C. The molecule has 0 radical (unpaired) electrons. The summed E-state index contributed by atoms with van der Waals surface area (Å²) in [5.74, 6) is 0. The maximum absolute atomic E-state index is 2.33. The molecular weight excluding hydrogens is 228 g/mol. The van der Waals surface area contributed by atoms with Crippen molar-refractivity contribution in [3.8, 4) is 11.1 Å². The lowest BCUT2D eigenvalue weighted by Gasteiger charge is -2.12. The van der Waals surface area contributed by atoms with Crippen molar-refractivity contribution in [2.45, 2.75) is 20.3 Å². The first-order valence-electron chi connectivity index (χ1n) is 6.79. The fourth-order valence-corrected chi connectivity index (χ4v) is 2.73. The van der Waals surface area contributed by atoms with Gasteiger partial charge in [-0.15, -0.1) is 0 Å². The van der Waals surface area contributed by atoms with Crippen LogP contribution >= 0.6 is 0 Å². The molecule has 0 aromatic heterocycles. The van der Waals surface area contributed by atoms with Crippen LogP contribution in [0.1, 0.15) is 25.8 Å². The van der Waals surface area contributed by atoms with Crippen molar-refractivity contribution in [1.82, 2.24) is 0 Å². The zero-order chi connectivity index (χ0) is 13.2. The number of rotatable bonds is 2. The van der Waals surface area contributed by atoms with E-state index in [9.17, 15) is 0 Å². The first kappa shape index (κ1) is 12.0. The van der Waals surface area contributed by atoms with Crippen molar-refractivity contribution in [1.29, 1.82) is 0 Å². The predicted octanol–water partition coefficient (Wildman–Crippen LogP) is 5.48. The van der Waals surface area contributed by atoms with Crippen molar-refractivity contribution in [3.63, 3.8) is 0 Å². The second kappa shape index (κ2) is 4.89. The molecule has 0 N–H and O–H groups in total. The first-order chi connectivity index (χ1) is 9.27. The predicted molar refractivity (Wildman–Crippen MR) is 82.8 cm³/mol. The molecule has 2 aromatic rings. The topological polar surface area (TPSA) is 0 Å². The standard InChI is InChI=1S/C19H18/c1-14-12-13-17(15(14)2)19-11-7-6-10-18(19)16-8-4-3-5-9-16/h3-12H,13H2,1-2H3. The highest BCUT2D eigenvalue weighted by molar-refractivity contribution is 5.86. The van der Waals surface area contributed by atoms with Crippen LogP contribution in [0.3, 0.4) is 0 Å². The van der Waals surface area contributed by atoms with E-state index >= 15 is 0 Å². The normalized spacial score (nSPS) is 14.7. The Balaban J connectivity index is 2.15. The van der Waals surface area contributed by atoms with E-state index in [-0.39, 0.29) is 0 Å². The Morgan fingerprint density at radius 2 is 1.37 bits per heavy atom. The highest BCUT2D eigenvalue weighted by atomic mass is 14.2. The molecule has 0 unspecified atom stereocenters. The molecule has 0 bridgehead atoms. The molecule has 0 saturated carbocycles. The lowest BCUT2D eigenvalue weighted by atomic mass is 9.92. The molecule has 3 rings (SSSR count). The molecule has 0 fully saturated rings. The zero-order valence-corrected chi connectivity index (χ0v) is 11.5. The van der Waals surface area contributed by atoms with E-state index in [0.717, 1.165) is 6.42 Å². The van der Waals surface area contributed by atoms with Crippen molar-refractivity contribution < 1.29 is 0 Å². The fraction of sp³-hybridized carbons (Fsp3) is 0.158. The van der Waals surface area contributed by atoms with E-state index in [1.165, 1.54) is 33.4 Å². The van der Waals surface area contributed by atoms with Gasteiger partial charge in [0.25, 0.3) is 0 Å². The average molecular weight is 246 g/mol. The smallest absolute Gasteiger partial charge is 0.00827 e. The van der Waals surface area contributed by atoms with Crippen LogP contribution in [0.5, 0.6) is 0 Å². The molecule has 1 aliphatic rings. The summed E-state index contributed by atoms with van der Waals surface area (Å²) >= 11 is 0. The van der Waals surface area contributed by atoms with Crippen LogP contribution in [0, 0.1) is 0 Å². The summed E-state index contributed by atoms with van der Waals surface area (Å²) in [6.45, 7) is 4.43. The van der Waals surface area contributed by atoms with Gasteiger partial charge < -0.3 is 0 Å². The van der Waals surface area contributed by atoms with Gasteiger partial charge in [0.1, 0.15) is 0 Å². The highest BCUT2D eigenvalue weighted by Gasteiger charge is 2.15. The third kappa shape index (κ3) is 2.15. The molecule has 0 aliphatic heterocycles. The van der Waals surface area contributed by atoms with Crippen LogP contribution in [-0.4, -0.2) is 0 Å². The van der Waals surface area contributed by atoms with Gasteiger partial charge in [0, 0.05) is 0 Å². The Bertz CT molecular complexity index is 657. The summed E-state index contributed by atoms with van der Waals surface area (Å²) in [7, 11) is 0. The average Bonchev–Trinajstić information content (AvgIpc) is 2.80. The third-order valence-corrected chi connectivity index (χ3v) is 3.99. The minimum Gasteiger partial charge on any atom is -0.0769 e.